The topological polar surface area (TPSA) is 73.2 Å². The minimum Gasteiger partial charge on any atom is -0.466 e. The number of nitrogens with one attached hydrogen (secondary N) is 1. The largest absolute Gasteiger partial charge is 0.466 e. The number of carbonyl (C=O) groups is 2. The molecule has 0 radical (unpaired) electrons. The van der Waals surface area contributed by atoms with E-state index in [1.807, 2.05) is 47.4 Å². The Morgan fingerprint density at radius 1 is 1.27 bits per heavy atom. The van der Waals surface area contributed by atoms with Gasteiger partial charge in [0.2, 0.25) is 5.91 Å². The van der Waals surface area contributed by atoms with Crippen LogP contribution in [0.2, 0.25) is 0 Å². The third-order valence-electron chi connectivity index (χ3n) is 4.69. The van der Waals surface area contributed by atoms with Crippen molar-refractivity contribution in [1.82, 2.24) is 15.1 Å². The van der Waals surface area contributed by atoms with Crippen molar-refractivity contribution >= 4 is 11.9 Å². The van der Waals surface area contributed by atoms with Gasteiger partial charge < -0.3 is 10.1 Å². The van der Waals surface area contributed by atoms with E-state index in [2.05, 4.69) is 15.2 Å². The van der Waals surface area contributed by atoms with E-state index in [0.29, 0.717) is 13.0 Å². The summed E-state index contributed by atoms with van der Waals surface area (Å²) < 4.78 is 6.43. The molecule has 26 heavy (non-hydrogen) atoms. The summed E-state index contributed by atoms with van der Waals surface area (Å²) in [5.74, 6) is -0.393. The molecule has 0 saturated heterocycles. The van der Waals surface area contributed by atoms with Gasteiger partial charge in [-0.15, -0.1) is 0 Å². The number of benzene rings is 1. The molecule has 136 valence electrons. The van der Waals surface area contributed by atoms with Crippen LogP contribution in [0.3, 0.4) is 0 Å². The van der Waals surface area contributed by atoms with Gasteiger partial charge in [0.05, 0.1) is 25.3 Å². The fourth-order valence-corrected chi connectivity index (χ4v) is 3.06. The molecular weight excluding hydrogens is 330 g/mol. The fourth-order valence-electron chi connectivity index (χ4n) is 3.06. The fraction of sp³-hybridized carbons (Fsp3) is 0.350. The van der Waals surface area contributed by atoms with Gasteiger partial charge in [0.1, 0.15) is 0 Å². The van der Waals surface area contributed by atoms with E-state index in [1.54, 1.807) is 6.08 Å². The molecule has 1 heterocycles. The van der Waals surface area contributed by atoms with Crippen LogP contribution in [0.5, 0.6) is 0 Å². The molecule has 1 fully saturated rings. The number of amides is 1. The van der Waals surface area contributed by atoms with Crippen molar-refractivity contribution in [3.63, 3.8) is 0 Å². The Hall–Kier alpha value is -2.89. The van der Waals surface area contributed by atoms with Gasteiger partial charge in [0, 0.05) is 24.4 Å². The van der Waals surface area contributed by atoms with E-state index in [9.17, 15) is 9.59 Å². The number of carbonyl (C=O) groups excluding carboxylic acids is 2. The first-order valence-electron chi connectivity index (χ1n) is 8.81. The summed E-state index contributed by atoms with van der Waals surface area (Å²) in [6, 6.07) is 10.2. The molecule has 1 aromatic carbocycles. The Bertz CT molecular complexity index is 783. The second kappa shape index (κ2) is 8.47. The molecule has 3 rings (SSSR count). The molecule has 0 spiro atoms. The lowest BCUT2D eigenvalue weighted by Crippen LogP contribution is -2.42. The number of methoxy groups -OCH3 is 1. The van der Waals surface area contributed by atoms with E-state index in [0.717, 1.165) is 24.0 Å². The third kappa shape index (κ3) is 4.20. The maximum atomic E-state index is 12.4. The molecule has 1 aromatic heterocycles. The van der Waals surface area contributed by atoms with Gasteiger partial charge in [-0.1, -0.05) is 36.4 Å². The second-order valence-corrected chi connectivity index (χ2v) is 6.33. The number of aromatic nitrogens is 2. The van der Waals surface area contributed by atoms with Crippen LogP contribution in [0.25, 0.3) is 11.1 Å². The first-order valence-corrected chi connectivity index (χ1v) is 8.81. The zero-order valence-electron chi connectivity index (χ0n) is 14.8. The van der Waals surface area contributed by atoms with Crippen molar-refractivity contribution in [1.29, 1.82) is 0 Å². The normalized spacial score (nSPS) is 19.1. The molecule has 1 aliphatic carbocycles. The van der Waals surface area contributed by atoms with Gasteiger partial charge in [-0.2, -0.15) is 5.10 Å². The highest BCUT2D eigenvalue weighted by molar-refractivity contribution is 5.82. The highest BCUT2D eigenvalue weighted by Gasteiger charge is 2.38. The van der Waals surface area contributed by atoms with Gasteiger partial charge in [-0.05, 0) is 24.8 Å². The Labute approximate surface area is 152 Å². The van der Waals surface area contributed by atoms with Crippen LogP contribution < -0.4 is 5.32 Å². The Morgan fingerprint density at radius 2 is 2.08 bits per heavy atom. The molecule has 2 atom stereocenters. The highest BCUT2D eigenvalue weighted by atomic mass is 16.5. The first kappa shape index (κ1) is 17.9. The summed E-state index contributed by atoms with van der Waals surface area (Å²) in [6.45, 7) is 0.504. The van der Waals surface area contributed by atoms with E-state index in [4.69, 9.17) is 0 Å². The van der Waals surface area contributed by atoms with Gasteiger partial charge in [-0.25, -0.2) is 4.79 Å². The number of ether oxygens (including phenoxy) is 1. The molecule has 6 heteroatoms. The molecule has 2 unspecified atom stereocenters. The van der Waals surface area contributed by atoms with Gasteiger partial charge in [0.25, 0.3) is 0 Å². The van der Waals surface area contributed by atoms with Crippen LogP contribution in [0.15, 0.2) is 54.9 Å². The number of esters is 1. The van der Waals surface area contributed by atoms with Crippen molar-refractivity contribution < 1.29 is 14.3 Å². The zero-order valence-corrected chi connectivity index (χ0v) is 14.8. The SMILES string of the molecule is COC(=O)/C=C/CCNC(=O)C1CCC1n1cc(-c2ccccc2)cn1. The van der Waals surface area contributed by atoms with Gasteiger partial charge in [-0.3, -0.25) is 9.48 Å². The number of rotatable bonds is 7. The zero-order chi connectivity index (χ0) is 18.4. The maximum Gasteiger partial charge on any atom is 0.330 e. The van der Waals surface area contributed by atoms with E-state index < -0.39 is 0 Å². The lowest BCUT2D eigenvalue weighted by molar-refractivity contribution is -0.134. The van der Waals surface area contributed by atoms with Crippen molar-refractivity contribution in [3.8, 4) is 11.1 Å². The molecule has 1 amide bonds. The van der Waals surface area contributed by atoms with Crippen molar-refractivity contribution in [2.75, 3.05) is 13.7 Å². The summed E-state index contributed by atoms with van der Waals surface area (Å²) in [7, 11) is 1.34. The number of hydrogen-bond acceptors (Lipinski definition) is 4. The van der Waals surface area contributed by atoms with Crippen LogP contribution in [-0.4, -0.2) is 35.3 Å². The van der Waals surface area contributed by atoms with Crippen molar-refractivity contribution in [2.24, 2.45) is 5.92 Å². The lowest BCUT2D eigenvalue weighted by Gasteiger charge is -2.35. The quantitative estimate of drug-likeness (QED) is 0.472. The Kier molecular flexibility index (Phi) is 5.84. The van der Waals surface area contributed by atoms with Crippen molar-refractivity contribution in [3.05, 3.63) is 54.9 Å². The standard InChI is InChI=1S/C20H23N3O3/c1-26-19(24)9-5-6-12-21-20(25)17-10-11-18(17)23-14-16(13-22-23)15-7-3-2-4-8-15/h2-5,7-9,13-14,17-18H,6,10-12H2,1H3,(H,21,25)/b9-5+. The summed E-state index contributed by atoms with van der Waals surface area (Å²) >= 11 is 0. The second-order valence-electron chi connectivity index (χ2n) is 6.33. The van der Waals surface area contributed by atoms with Crippen molar-refractivity contribution in [2.45, 2.75) is 25.3 Å². The number of nitrogens with zero attached hydrogens (tertiary/aromatic N) is 2. The lowest BCUT2D eigenvalue weighted by atomic mass is 9.79. The molecule has 0 bridgehead atoms. The predicted molar refractivity (Wildman–Crippen MR) is 98.2 cm³/mol. The predicted octanol–water partition coefficient (Wildman–Crippen LogP) is 2.74. The summed E-state index contributed by atoms with van der Waals surface area (Å²) in [6.07, 6.45) is 9.35. The molecule has 1 aliphatic rings. The third-order valence-corrected chi connectivity index (χ3v) is 4.69. The van der Waals surface area contributed by atoms with Crippen LogP contribution in [0.4, 0.5) is 0 Å². The number of hydrogen-bond donors (Lipinski definition) is 1. The molecule has 0 aliphatic heterocycles. The minimum absolute atomic E-state index is 0.0458. The van der Waals surface area contributed by atoms with Crippen LogP contribution in [0.1, 0.15) is 25.3 Å². The minimum atomic E-state index is -0.386. The monoisotopic (exact) mass is 353 g/mol. The van der Waals surface area contributed by atoms with Crippen LogP contribution in [-0.2, 0) is 14.3 Å². The maximum absolute atomic E-state index is 12.4. The molecule has 1 saturated carbocycles. The average Bonchev–Trinajstić information content (AvgIpc) is 3.10. The van der Waals surface area contributed by atoms with E-state index in [1.165, 1.54) is 13.2 Å². The summed E-state index contributed by atoms with van der Waals surface area (Å²) in [4.78, 5) is 23.3. The average molecular weight is 353 g/mol. The molecule has 1 N–H and O–H groups in total. The molecular formula is C20H23N3O3. The highest BCUT2D eigenvalue weighted by Crippen LogP contribution is 2.38. The molecule has 6 nitrogen and oxygen atoms in total. The van der Waals surface area contributed by atoms with E-state index >= 15 is 0 Å². The summed E-state index contributed by atoms with van der Waals surface area (Å²) in [5, 5.41) is 7.39. The van der Waals surface area contributed by atoms with Gasteiger partial charge in [0.15, 0.2) is 0 Å². The van der Waals surface area contributed by atoms with Gasteiger partial charge >= 0.3 is 5.97 Å². The Balaban J connectivity index is 1.51. The summed E-state index contributed by atoms with van der Waals surface area (Å²) in [5.41, 5.74) is 2.18. The smallest absolute Gasteiger partial charge is 0.330 e. The Morgan fingerprint density at radius 3 is 2.77 bits per heavy atom. The van der Waals surface area contributed by atoms with Crippen LogP contribution >= 0.6 is 0 Å². The van der Waals surface area contributed by atoms with E-state index in [-0.39, 0.29) is 23.8 Å². The van der Waals surface area contributed by atoms with Crippen LogP contribution in [0, 0.1) is 5.92 Å². The first-order chi connectivity index (χ1) is 12.7. The molecule has 2 aromatic rings.